The van der Waals surface area contributed by atoms with Crippen LogP contribution < -0.4 is 10.8 Å². The zero-order valence-corrected chi connectivity index (χ0v) is 17.6. The highest BCUT2D eigenvalue weighted by molar-refractivity contribution is 9.10. The lowest BCUT2D eigenvalue weighted by atomic mass is 10.3. The molecule has 2 aromatic rings. The van der Waals surface area contributed by atoms with Crippen molar-refractivity contribution in [2.45, 2.75) is 6.42 Å². The molecule has 1 aromatic heterocycles. The third kappa shape index (κ3) is 7.07. The van der Waals surface area contributed by atoms with Crippen LogP contribution in [0.2, 0.25) is 0 Å². The monoisotopic (exact) mass is 491 g/mol. The molecule has 1 heterocycles. The SMILES string of the molecule is CS(=N)(CCNc1nonc1C(=Nc1ccc(F)c(Br)c1)NO)=NCCC(=O)O. The van der Waals surface area contributed by atoms with Crippen LogP contribution in [0.15, 0.2) is 36.7 Å². The number of carboxylic acids is 1. The highest BCUT2D eigenvalue weighted by Crippen LogP contribution is 2.23. The highest BCUT2D eigenvalue weighted by Gasteiger charge is 2.17. The standard InChI is InChI=1S/C15H19BrFN7O4S/c1-29(18,20-5-4-12(25)26)7-6-19-14-13(23-28-24-14)15(22-27)21-9-2-3-11(17)10(16)8-9/h2-3,8,18,27H,4-7H2,1H3,(H,19,24)(H,21,22)(H,25,26). The Kier molecular flexibility index (Phi) is 8.04. The summed E-state index contributed by atoms with van der Waals surface area (Å²) in [6, 6.07) is 4.04. The van der Waals surface area contributed by atoms with Crippen LogP contribution in [-0.2, 0) is 14.4 Å². The molecule has 1 unspecified atom stereocenters. The van der Waals surface area contributed by atoms with Crippen molar-refractivity contribution < 1.29 is 24.1 Å². The Bertz CT molecular complexity index is 1020. The molecule has 0 aliphatic carbocycles. The highest BCUT2D eigenvalue weighted by atomic mass is 79.9. The van der Waals surface area contributed by atoms with Gasteiger partial charge in [0.15, 0.2) is 11.5 Å². The van der Waals surface area contributed by atoms with E-state index in [0.717, 1.165) is 0 Å². The number of halogens is 2. The van der Waals surface area contributed by atoms with Crippen molar-refractivity contribution in [3.05, 3.63) is 34.2 Å². The van der Waals surface area contributed by atoms with Gasteiger partial charge in [0.25, 0.3) is 0 Å². The van der Waals surface area contributed by atoms with Gasteiger partial charge >= 0.3 is 5.97 Å². The molecule has 0 aliphatic heterocycles. The molecule has 0 amide bonds. The predicted molar refractivity (Wildman–Crippen MR) is 108 cm³/mol. The van der Waals surface area contributed by atoms with Gasteiger partial charge in [-0.15, -0.1) is 0 Å². The Morgan fingerprint density at radius 3 is 2.86 bits per heavy atom. The Hall–Kier alpha value is -2.58. The van der Waals surface area contributed by atoms with Crippen molar-refractivity contribution in [3.8, 4) is 0 Å². The van der Waals surface area contributed by atoms with Gasteiger partial charge in [-0.2, -0.15) is 0 Å². The topological polar surface area (TPSA) is 169 Å². The van der Waals surface area contributed by atoms with Gasteiger partial charge in [0.1, 0.15) is 5.82 Å². The van der Waals surface area contributed by atoms with E-state index < -0.39 is 21.4 Å². The number of hydrogen-bond acceptors (Lipinski definition) is 9. The minimum Gasteiger partial charge on any atom is -0.481 e. The average molecular weight is 492 g/mol. The van der Waals surface area contributed by atoms with Crippen LogP contribution >= 0.6 is 15.9 Å². The number of hydrogen-bond donors (Lipinski definition) is 5. The molecule has 2 rings (SSSR count). The number of nitrogens with zero attached hydrogens (tertiary/aromatic N) is 4. The van der Waals surface area contributed by atoms with Crippen molar-refractivity contribution in [1.29, 1.82) is 4.78 Å². The van der Waals surface area contributed by atoms with E-state index in [1.807, 2.05) is 5.48 Å². The number of amidine groups is 1. The summed E-state index contributed by atoms with van der Waals surface area (Å²) in [5.74, 6) is -0.991. The number of aromatic nitrogens is 2. The van der Waals surface area contributed by atoms with E-state index in [2.05, 4.69) is 40.9 Å². The van der Waals surface area contributed by atoms with E-state index in [9.17, 15) is 14.4 Å². The fourth-order valence-corrected chi connectivity index (χ4v) is 3.54. The maximum absolute atomic E-state index is 13.4. The molecule has 0 radical (unpaired) electrons. The van der Waals surface area contributed by atoms with Crippen molar-refractivity contribution in [2.24, 2.45) is 9.36 Å². The number of anilines is 1. The summed E-state index contributed by atoms with van der Waals surface area (Å²) in [6.45, 7) is 0.369. The number of hydroxylamine groups is 1. The van der Waals surface area contributed by atoms with Crippen LogP contribution in [0.5, 0.6) is 0 Å². The average Bonchev–Trinajstić information content (AvgIpc) is 3.10. The van der Waals surface area contributed by atoms with E-state index in [-0.39, 0.29) is 41.3 Å². The second-order valence-corrected chi connectivity index (χ2v) is 9.40. The smallest absolute Gasteiger partial charge is 0.305 e. The number of aliphatic carboxylic acids is 1. The van der Waals surface area contributed by atoms with Crippen LogP contribution in [0.4, 0.5) is 15.9 Å². The zero-order chi connectivity index (χ0) is 21.4. The lowest BCUT2D eigenvalue weighted by Gasteiger charge is -2.09. The van der Waals surface area contributed by atoms with Gasteiger partial charge in [0, 0.05) is 18.6 Å². The molecule has 0 aliphatic rings. The Labute approximate surface area is 174 Å². The molecule has 29 heavy (non-hydrogen) atoms. The maximum Gasteiger partial charge on any atom is 0.305 e. The van der Waals surface area contributed by atoms with Gasteiger partial charge in [-0.1, -0.05) is 9.62 Å². The number of rotatable bonds is 9. The molecule has 0 bridgehead atoms. The molecular weight excluding hydrogens is 473 g/mol. The van der Waals surface area contributed by atoms with E-state index >= 15 is 0 Å². The van der Waals surface area contributed by atoms with Crippen LogP contribution in [0, 0.1) is 10.6 Å². The van der Waals surface area contributed by atoms with Crippen LogP contribution in [0.1, 0.15) is 12.1 Å². The maximum atomic E-state index is 13.4. The molecule has 0 spiro atoms. The first-order valence-electron chi connectivity index (χ1n) is 8.13. The molecule has 1 atom stereocenters. The molecule has 158 valence electrons. The van der Waals surface area contributed by atoms with E-state index in [0.29, 0.717) is 11.4 Å². The second kappa shape index (κ2) is 10.3. The lowest BCUT2D eigenvalue weighted by molar-refractivity contribution is -0.136. The van der Waals surface area contributed by atoms with Gasteiger partial charge in [-0.05, 0) is 44.4 Å². The predicted octanol–water partition coefficient (Wildman–Crippen LogP) is 2.64. The van der Waals surface area contributed by atoms with Crippen LogP contribution in [-0.4, -0.2) is 57.5 Å². The summed E-state index contributed by atoms with van der Waals surface area (Å²) in [6.07, 6.45) is 1.53. The van der Waals surface area contributed by atoms with E-state index in [1.54, 1.807) is 6.26 Å². The summed E-state index contributed by atoms with van der Waals surface area (Å²) >= 11 is 3.06. The first-order chi connectivity index (χ1) is 13.7. The van der Waals surface area contributed by atoms with Gasteiger partial charge in [-0.3, -0.25) is 24.6 Å². The zero-order valence-electron chi connectivity index (χ0n) is 15.2. The molecular formula is C15H19BrFN7O4S. The normalized spacial score (nSPS) is 13.6. The summed E-state index contributed by atoms with van der Waals surface area (Å²) in [5.41, 5.74) is 2.32. The molecule has 0 saturated heterocycles. The molecule has 1 aromatic carbocycles. The summed E-state index contributed by atoms with van der Waals surface area (Å²) in [7, 11) is -2.09. The Balaban J connectivity index is 2.09. The first kappa shape index (κ1) is 22.7. The van der Waals surface area contributed by atoms with E-state index in [4.69, 9.17) is 14.5 Å². The van der Waals surface area contributed by atoms with Crippen molar-refractivity contribution in [2.75, 3.05) is 30.4 Å². The number of nitrogens with one attached hydrogen (secondary N) is 3. The van der Waals surface area contributed by atoms with Gasteiger partial charge in [-0.25, -0.2) is 14.0 Å². The minimum absolute atomic E-state index is 0.0810. The number of carbonyl (C=O) groups is 1. The first-order valence-corrected chi connectivity index (χ1v) is 11.1. The number of benzene rings is 1. The van der Waals surface area contributed by atoms with Crippen molar-refractivity contribution in [1.82, 2.24) is 15.8 Å². The number of carboxylic acid groups (broad SMARTS) is 1. The molecule has 14 heteroatoms. The van der Waals surface area contributed by atoms with Gasteiger partial charge in [0.2, 0.25) is 5.82 Å². The third-order valence-electron chi connectivity index (χ3n) is 3.46. The second-order valence-electron chi connectivity index (χ2n) is 5.80. The number of aliphatic imine (C=N–C) groups is 1. The minimum atomic E-state index is -2.09. The molecule has 0 fully saturated rings. The summed E-state index contributed by atoms with van der Waals surface area (Å²) in [4.78, 5) is 14.7. The quantitative estimate of drug-likeness (QED) is 0.202. The van der Waals surface area contributed by atoms with Crippen molar-refractivity contribution in [3.63, 3.8) is 0 Å². The van der Waals surface area contributed by atoms with Crippen molar-refractivity contribution >= 4 is 48.9 Å². The molecule has 11 nitrogen and oxygen atoms in total. The Morgan fingerprint density at radius 2 is 2.21 bits per heavy atom. The summed E-state index contributed by atoms with van der Waals surface area (Å²) < 4.78 is 30.5. The van der Waals surface area contributed by atoms with Crippen LogP contribution in [0.25, 0.3) is 0 Å². The fourth-order valence-electron chi connectivity index (χ4n) is 2.05. The lowest BCUT2D eigenvalue weighted by Crippen LogP contribution is -2.23. The van der Waals surface area contributed by atoms with Gasteiger partial charge in [0.05, 0.1) is 23.1 Å². The van der Waals surface area contributed by atoms with E-state index in [1.165, 1.54) is 18.2 Å². The summed E-state index contributed by atoms with van der Waals surface area (Å²) in [5, 5.41) is 28.4. The largest absolute Gasteiger partial charge is 0.481 e. The van der Waals surface area contributed by atoms with Gasteiger partial charge < -0.3 is 10.4 Å². The Morgan fingerprint density at radius 1 is 1.45 bits per heavy atom. The third-order valence-corrected chi connectivity index (χ3v) is 5.82. The fraction of sp³-hybridized carbons (Fsp3) is 0.333. The molecule has 5 N–H and O–H groups in total. The molecule has 0 saturated carbocycles. The van der Waals surface area contributed by atoms with Crippen LogP contribution in [0.3, 0.4) is 0 Å².